The second-order valence-electron chi connectivity index (χ2n) is 5.54. The molecular formula is C21H20N2O2. The zero-order chi connectivity index (χ0) is 18.1. The Bertz CT molecular complexity index is 810. The molecule has 0 aliphatic heterocycles. The maximum absolute atomic E-state index is 11.8. The summed E-state index contributed by atoms with van der Waals surface area (Å²) in [6.45, 7) is 0.260. The van der Waals surface area contributed by atoms with Gasteiger partial charge in [0.05, 0.1) is 6.54 Å². The molecule has 4 nitrogen and oxygen atoms in total. The van der Waals surface area contributed by atoms with Gasteiger partial charge in [0.25, 0.3) is 5.91 Å². The van der Waals surface area contributed by atoms with Gasteiger partial charge < -0.3 is 10.2 Å². The number of carbonyl (C=O) groups is 2. The topological polar surface area (TPSA) is 49.4 Å². The fourth-order valence-electron chi connectivity index (χ4n) is 2.03. The van der Waals surface area contributed by atoms with Gasteiger partial charge >= 0.3 is 0 Å². The summed E-state index contributed by atoms with van der Waals surface area (Å²) in [7, 11) is 3.43. The van der Waals surface area contributed by atoms with Crippen LogP contribution in [0.25, 0.3) is 6.08 Å². The number of benzene rings is 2. The van der Waals surface area contributed by atoms with E-state index in [9.17, 15) is 9.59 Å². The largest absolute Gasteiger partial charge is 0.345 e. The number of nitrogens with zero attached hydrogens (tertiary/aromatic N) is 1. The quantitative estimate of drug-likeness (QED) is 0.691. The molecular weight excluding hydrogens is 312 g/mol. The van der Waals surface area contributed by atoms with E-state index in [2.05, 4.69) is 17.2 Å². The second-order valence-corrected chi connectivity index (χ2v) is 5.54. The summed E-state index contributed by atoms with van der Waals surface area (Å²) in [5, 5.41) is 2.71. The zero-order valence-electron chi connectivity index (χ0n) is 14.3. The first-order chi connectivity index (χ1) is 12.1. The van der Waals surface area contributed by atoms with Crippen LogP contribution < -0.4 is 5.32 Å². The summed E-state index contributed by atoms with van der Waals surface area (Å²) >= 11 is 0. The molecule has 2 amide bonds. The van der Waals surface area contributed by atoms with Crippen LogP contribution in [0.4, 0.5) is 0 Å². The first-order valence-corrected chi connectivity index (χ1v) is 7.88. The van der Waals surface area contributed by atoms with Gasteiger partial charge in [-0.05, 0) is 35.9 Å². The highest BCUT2D eigenvalue weighted by Gasteiger charge is 2.06. The average Bonchev–Trinajstić information content (AvgIpc) is 2.64. The van der Waals surface area contributed by atoms with E-state index in [1.54, 1.807) is 44.4 Å². The maximum Gasteiger partial charge on any atom is 0.253 e. The molecule has 2 aromatic rings. The predicted molar refractivity (Wildman–Crippen MR) is 99.8 cm³/mol. The van der Waals surface area contributed by atoms with Crippen molar-refractivity contribution in [1.82, 2.24) is 10.2 Å². The molecule has 2 rings (SSSR count). The Morgan fingerprint density at radius 2 is 1.72 bits per heavy atom. The lowest BCUT2D eigenvalue weighted by molar-refractivity contribution is -0.116. The smallest absolute Gasteiger partial charge is 0.253 e. The van der Waals surface area contributed by atoms with Gasteiger partial charge in [0, 0.05) is 31.3 Å². The van der Waals surface area contributed by atoms with Crippen molar-refractivity contribution in [3.63, 3.8) is 0 Å². The summed E-state index contributed by atoms with van der Waals surface area (Å²) in [6.07, 6.45) is 3.24. The van der Waals surface area contributed by atoms with Gasteiger partial charge in [-0.15, -0.1) is 0 Å². The van der Waals surface area contributed by atoms with Crippen molar-refractivity contribution in [1.29, 1.82) is 0 Å². The normalized spacial score (nSPS) is 10.0. The monoisotopic (exact) mass is 332 g/mol. The molecule has 0 fully saturated rings. The lowest BCUT2D eigenvalue weighted by Gasteiger charge is -2.09. The molecule has 0 radical (unpaired) electrons. The molecule has 0 aliphatic carbocycles. The predicted octanol–water partition coefficient (Wildman–Crippen LogP) is 2.57. The summed E-state index contributed by atoms with van der Waals surface area (Å²) < 4.78 is 0. The van der Waals surface area contributed by atoms with E-state index in [0.717, 1.165) is 11.1 Å². The van der Waals surface area contributed by atoms with E-state index in [4.69, 9.17) is 0 Å². The third kappa shape index (κ3) is 6.00. The van der Waals surface area contributed by atoms with Crippen molar-refractivity contribution >= 4 is 17.9 Å². The van der Waals surface area contributed by atoms with Crippen molar-refractivity contribution in [3.05, 3.63) is 77.4 Å². The Morgan fingerprint density at radius 3 is 2.36 bits per heavy atom. The minimum Gasteiger partial charge on any atom is -0.345 e. The maximum atomic E-state index is 11.8. The summed E-state index contributed by atoms with van der Waals surface area (Å²) in [6, 6.07) is 16.7. The number of rotatable bonds is 4. The Kier molecular flexibility index (Phi) is 6.56. The zero-order valence-corrected chi connectivity index (χ0v) is 14.3. The van der Waals surface area contributed by atoms with Crippen LogP contribution in [0.15, 0.2) is 60.7 Å². The number of carbonyl (C=O) groups excluding carboxylic acids is 2. The van der Waals surface area contributed by atoms with Gasteiger partial charge in [0.1, 0.15) is 0 Å². The van der Waals surface area contributed by atoms with Crippen molar-refractivity contribution in [2.45, 2.75) is 0 Å². The minimum atomic E-state index is -0.190. The van der Waals surface area contributed by atoms with Gasteiger partial charge in [0.2, 0.25) is 5.91 Å². The first-order valence-electron chi connectivity index (χ1n) is 7.88. The molecule has 0 aliphatic rings. The van der Waals surface area contributed by atoms with E-state index in [1.807, 2.05) is 30.3 Å². The molecule has 2 aromatic carbocycles. The van der Waals surface area contributed by atoms with Crippen molar-refractivity contribution in [2.24, 2.45) is 0 Å². The van der Waals surface area contributed by atoms with Gasteiger partial charge in [-0.1, -0.05) is 42.2 Å². The molecule has 0 saturated carbocycles. The molecule has 25 heavy (non-hydrogen) atoms. The fraction of sp³-hybridized carbons (Fsp3) is 0.143. The molecule has 1 N–H and O–H groups in total. The number of amides is 2. The van der Waals surface area contributed by atoms with Crippen molar-refractivity contribution in [3.8, 4) is 11.8 Å². The molecule has 0 spiro atoms. The van der Waals surface area contributed by atoms with Crippen LogP contribution in [0.5, 0.6) is 0 Å². The molecule has 0 saturated heterocycles. The molecule has 0 bridgehead atoms. The van der Waals surface area contributed by atoms with Crippen molar-refractivity contribution in [2.75, 3.05) is 20.6 Å². The van der Waals surface area contributed by atoms with Crippen LogP contribution in [0.3, 0.4) is 0 Å². The molecule has 0 aromatic heterocycles. The third-order valence-electron chi connectivity index (χ3n) is 3.35. The van der Waals surface area contributed by atoms with Crippen LogP contribution in [-0.4, -0.2) is 37.4 Å². The highest BCUT2D eigenvalue weighted by atomic mass is 16.2. The van der Waals surface area contributed by atoms with Crippen LogP contribution in [-0.2, 0) is 4.79 Å². The lowest BCUT2D eigenvalue weighted by Crippen LogP contribution is -2.21. The summed E-state index contributed by atoms with van der Waals surface area (Å²) in [4.78, 5) is 25.0. The Balaban J connectivity index is 1.83. The third-order valence-corrected chi connectivity index (χ3v) is 3.35. The fourth-order valence-corrected chi connectivity index (χ4v) is 2.03. The Morgan fingerprint density at radius 1 is 1.04 bits per heavy atom. The number of hydrogen-bond donors (Lipinski definition) is 1. The summed E-state index contributed by atoms with van der Waals surface area (Å²) in [5.74, 6) is 5.61. The molecule has 0 heterocycles. The molecule has 0 atom stereocenters. The number of hydrogen-bond acceptors (Lipinski definition) is 2. The van der Waals surface area contributed by atoms with E-state index < -0.39 is 0 Å². The van der Waals surface area contributed by atoms with Crippen molar-refractivity contribution < 1.29 is 9.59 Å². The van der Waals surface area contributed by atoms with Gasteiger partial charge in [-0.2, -0.15) is 0 Å². The minimum absolute atomic E-state index is 0.0445. The molecule has 4 heteroatoms. The van der Waals surface area contributed by atoms with Gasteiger partial charge in [-0.3, -0.25) is 9.59 Å². The standard InChI is InChI=1S/C21H20N2O2/c1-23(2)21(25)19-13-10-18(11-14-19)9-6-16-22-20(24)15-12-17-7-4-3-5-8-17/h3-5,7-8,10-15H,16H2,1-2H3,(H,22,24)/b15-12+. The van der Waals surface area contributed by atoms with Crippen LogP contribution in [0.1, 0.15) is 21.5 Å². The lowest BCUT2D eigenvalue weighted by atomic mass is 10.1. The average molecular weight is 332 g/mol. The summed E-state index contributed by atoms with van der Waals surface area (Å²) in [5.41, 5.74) is 2.38. The van der Waals surface area contributed by atoms with Crippen LogP contribution in [0.2, 0.25) is 0 Å². The Labute approximate surface area is 148 Å². The van der Waals surface area contributed by atoms with E-state index in [0.29, 0.717) is 5.56 Å². The van der Waals surface area contributed by atoms with E-state index >= 15 is 0 Å². The highest BCUT2D eigenvalue weighted by molar-refractivity contribution is 5.94. The van der Waals surface area contributed by atoms with E-state index in [1.165, 1.54) is 11.0 Å². The van der Waals surface area contributed by atoms with Crippen LogP contribution >= 0.6 is 0 Å². The van der Waals surface area contributed by atoms with Gasteiger partial charge in [0.15, 0.2) is 0 Å². The molecule has 0 unspecified atom stereocenters. The highest BCUT2D eigenvalue weighted by Crippen LogP contribution is 2.05. The first kappa shape index (κ1) is 18.0. The van der Waals surface area contributed by atoms with E-state index in [-0.39, 0.29) is 18.4 Å². The SMILES string of the molecule is CN(C)C(=O)c1ccc(C#CCNC(=O)/C=C/c2ccccc2)cc1. The molecule has 126 valence electrons. The number of nitrogens with one attached hydrogen (secondary N) is 1. The second kappa shape index (κ2) is 9.09. The Hall–Kier alpha value is -3.32. The van der Waals surface area contributed by atoms with Gasteiger partial charge in [-0.25, -0.2) is 0 Å². The van der Waals surface area contributed by atoms with Crippen LogP contribution in [0, 0.1) is 11.8 Å².